The Kier molecular flexibility index (Phi) is 2.50. The van der Waals surface area contributed by atoms with Gasteiger partial charge in [-0.2, -0.15) is 0 Å². The van der Waals surface area contributed by atoms with Gasteiger partial charge in [0.1, 0.15) is 0 Å². The van der Waals surface area contributed by atoms with E-state index in [1.54, 1.807) is 18.3 Å². The molecule has 1 saturated heterocycles. The highest BCUT2D eigenvalue weighted by Gasteiger charge is 2.51. The average molecular weight is 232 g/mol. The third-order valence-electron chi connectivity index (χ3n) is 3.72. The molecule has 0 bridgehead atoms. The van der Waals surface area contributed by atoms with Crippen LogP contribution in [-0.2, 0) is 0 Å². The number of hydrogen-bond donors (Lipinski definition) is 0. The fraction of sp³-hybridized carbons (Fsp3) is 0.538. The van der Waals surface area contributed by atoms with Crippen LogP contribution >= 0.6 is 0 Å². The lowest BCUT2D eigenvalue weighted by Gasteiger charge is -2.35. The molecular formula is C13H16N2O2. The molecule has 0 unspecified atom stereocenters. The number of nitrogens with zero attached hydrogens (tertiary/aromatic N) is 2. The quantitative estimate of drug-likeness (QED) is 0.747. The van der Waals surface area contributed by atoms with E-state index in [0.717, 1.165) is 32.2 Å². The summed E-state index contributed by atoms with van der Waals surface area (Å²) in [7, 11) is 0. The lowest BCUT2D eigenvalue weighted by atomic mass is 10.0. The Balaban J connectivity index is 1.70. The van der Waals surface area contributed by atoms with E-state index in [1.165, 1.54) is 6.42 Å². The van der Waals surface area contributed by atoms with Crippen molar-refractivity contribution in [3.8, 4) is 5.88 Å². The highest BCUT2D eigenvalue weighted by Crippen LogP contribution is 2.48. The molecule has 1 aliphatic heterocycles. The Bertz CT molecular complexity index is 415. The predicted octanol–water partition coefficient (Wildman–Crippen LogP) is 2.60. The van der Waals surface area contributed by atoms with Crippen molar-refractivity contribution in [2.24, 2.45) is 0 Å². The largest absolute Gasteiger partial charge is 0.417 e. The molecule has 0 N–H and O–H groups in total. The van der Waals surface area contributed by atoms with Gasteiger partial charge in [-0.3, -0.25) is 0 Å². The summed E-state index contributed by atoms with van der Waals surface area (Å²) < 4.78 is 5.31. The van der Waals surface area contributed by atoms with E-state index in [0.29, 0.717) is 5.88 Å². The van der Waals surface area contributed by atoms with Crippen molar-refractivity contribution in [2.45, 2.75) is 37.6 Å². The molecule has 0 radical (unpaired) electrons. The van der Waals surface area contributed by atoms with Crippen LogP contribution in [0.5, 0.6) is 5.88 Å². The summed E-state index contributed by atoms with van der Waals surface area (Å²) in [5.41, 5.74) is 0.129. The van der Waals surface area contributed by atoms with E-state index in [2.05, 4.69) is 4.98 Å². The Morgan fingerprint density at radius 3 is 2.88 bits per heavy atom. The third-order valence-corrected chi connectivity index (χ3v) is 3.72. The Morgan fingerprint density at radius 1 is 1.29 bits per heavy atom. The topological polar surface area (TPSA) is 42.4 Å². The zero-order valence-corrected chi connectivity index (χ0v) is 9.76. The minimum absolute atomic E-state index is 0.129. The SMILES string of the molecule is O=C(Oc1ccccn1)N1CCCCC12CC2. The van der Waals surface area contributed by atoms with Gasteiger partial charge >= 0.3 is 6.09 Å². The Labute approximate surface area is 101 Å². The van der Waals surface area contributed by atoms with Crippen molar-refractivity contribution in [1.82, 2.24) is 9.88 Å². The molecule has 0 atom stereocenters. The molecule has 17 heavy (non-hydrogen) atoms. The summed E-state index contributed by atoms with van der Waals surface area (Å²) in [4.78, 5) is 18.0. The normalized spacial score (nSPS) is 21.3. The first-order valence-corrected chi connectivity index (χ1v) is 6.21. The summed E-state index contributed by atoms with van der Waals surface area (Å²) in [6.07, 6.45) is 7.10. The summed E-state index contributed by atoms with van der Waals surface area (Å²) in [5, 5.41) is 0. The molecule has 1 aromatic rings. The molecule has 1 amide bonds. The molecule has 90 valence electrons. The van der Waals surface area contributed by atoms with E-state index in [4.69, 9.17) is 4.74 Å². The van der Waals surface area contributed by atoms with Gasteiger partial charge in [-0.1, -0.05) is 6.07 Å². The number of carbonyl (C=O) groups is 1. The molecule has 1 spiro atoms. The van der Waals surface area contributed by atoms with Gasteiger partial charge in [-0.25, -0.2) is 9.78 Å². The van der Waals surface area contributed by atoms with Crippen LogP contribution in [0.3, 0.4) is 0 Å². The van der Waals surface area contributed by atoms with Gasteiger partial charge in [0, 0.05) is 24.3 Å². The molecule has 1 saturated carbocycles. The zero-order valence-electron chi connectivity index (χ0n) is 9.76. The molecule has 4 nitrogen and oxygen atoms in total. The lowest BCUT2D eigenvalue weighted by Crippen LogP contribution is -2.46. The molecule has 1 aliphatic carbocycles. The van der Waals surface area contributed by atoms with Crippen LogP contribution in [0.1, 0.15) is 32.1 Å². The molecule has 2 heterocycles. The number of ether oxygens (including phenoxy) is 1. The second-order valence-electron chi connectivity index (χ2n) is 4.87. The molecule has 2 aliphatic rings. The molecule has 3 rings (SSSR count). The van der Waals surface area contributed by atoms with E-state index < -0.39 is 0 Å². The first-order valence-electron chi connectivity index (χ1n) is 6.21. The average Bonchev–Trinajstić information content (AvgIpc) is 3.11. The van der Waals surface area contributed by atoms with Crippen molar-refractivity contribution >= 4 is 6.09 Å². The fourth-order valence-electron chi connectivity index (χ4n) is 2.60. The fourth-order valence-corrected chi connectivity index (χ4v) is 2.60. The molecule has 4 heteroatoms. The van der Waals surface area contributed by atoms with E-state index in [1.807, 2.05) is 11.0 Å². The summed E-state index contributed by atoms with van der Waals surface area (Å²) >= 11 is 0. The Morgan fingerprint density at radius 2 is 2.18 bits per heavy atom. The molecule has 1 aromatic heterocycles. The van der Waals surface area contributed by atoms with Crippen molar-refractivity contribution in [3.05, 3.63) is 24.4 Å². The first kappa shape index (κ1) is 10.6. The minimum Gasteiger partial charge on any atom is -0.391 e. The number of rotatable bonds is 1. The minimum atomic E-state index is -0.235. The van der Waals surface area contributed by atoms with Crippen LogP contribution in [0.2, 0.25) is 0 Å². The highest BCUT2D eigenvalue weighted by molar-refractivity contribution is 5.72. The number of amides is 1. The van der Waals surface area contributed by atoms with E-state index in [9.17, 15) is 4.79 Å². The second kappa shape index (κ2) is 4.02. The van der Waals surface area contributed by atoms with Gasteiger partial charge in [0.25, 0.3) is 0 Å². The van der Waals surface area contributed by atoms with Gasteiger partial charge in [0.05, 0.1) is 0 Å². The maximum absolute atomic E-state index is 12.1. The molecule has 2 fully saturated rings. The van der Waals surface area contributed by atoms with Gasteiger partial charge in [-0.15, -0.1) is 0 Å². The van der Waals surface area contributed by atoms with Crippen LogP contribution < -0.4 is 4.74 Å². The summed E-state index contributed by atoms with van der Waals surface area (Å²) in [6, 6.07) is 5.33. The van der Waals surface area contributed by atoms with Crippen LogP contribution in [0, 0.1) is 0 Å². The third kappa shape index (κ3) is 1.99. The van der Waals surface area contributed by atoms with Crippen LogP contribution in [-0.4, -0.2) is 28.1 Å². The zero-order chi connectivity index (χ0) is 11.7. The van der Waals surface area contributed by atoms with Crippen molar-refractivity contribution in [2.75, 3.05) is 6.54 Å². The number of hydrogen-bond acceptors (Lipinski definition) is 3. The smallest absolute Gasteiger partial charge is 0.391 e. The van der Waals surface area contributed by atoms with Crippen LogP contribution in [0.25, 0.3) is 0 Å². The van der Waals surface area contributed by atoms with Gasteiger partial charge in [0.15, 0.2) is 0 Å². The summed E-state index contributed by atoms with van der Waals surface area (Å²) in [5.74, 6) is 0.388. The van der Waals surface area contributed by atoms with Gasteiger partial charge < -0.3 is 9.64 Å². The molecule has 0 aromatic carbocycles. The number of likely N-dealkylation sites (tertiary alicyclic amines) is 1. The number of carbonyl (C=O) groups excluding carboxylic acids is 1. The number of piperidine rings is 1. The van der Waals surface area contributed by atoms with Crippen LogP contribution in [0.4, 0.5) is 4.79 Å². The first-order chi connectivity index (χ1) is 8.30. The Hall–Kier alpha value is -1.58. The van der Waals surface area contributed by atoms with Gasteiger partial charge in [0.2, 0.25) is 5.88 Å². The molecular weight excluding hydrogens is 216 g/mol. The van der Waals surface area contributed by atoms with Gasteiger partial charge in [-0.05, 0) is 38.2 Å². The lowest BCUT2D eigenvalue weighted by molar-refractivity contribution is 0.102. The number of aromatic nitrogens is 1. The van der Waals surface area contributed by atoms with Crippen LogP contribution in [0.15, 0.2) is 24.4 Å². The van der Waals surface area contributed by atoms with Crippen molar-refractivity contribution in [1.29, 1.82) is 0 Å². The second-order valence-corrected chi connectivity index (χ2v) is 4.87. The maximum atomic E-state index is 12.1. The highest BCUT2D eigenvalue weighted by atomic mass is 16.6. The standard InChI is InChI=1S/C13H16N2O2/c16-12(17-11-5-1-3-9-14-11)15-10-4-2-6-13(15)7-8-13/h1,3,5,9H,2,4,6-8,10H2. The monoisotopic (exact) mass is 232 g/mol. The predicted molar refractivity (Wildman–Crippen MR) is 62.8 cm³/mol. The van der Waals surface area contributed by atoms with Crippen molar-refractivity contribution < 1.29 is 9.53 Å². The number of pyridine rings is 1. The van der Waals surface area contributed by atoms with Crippen molar-refractivity contribution in [3.63, 3.8) is 0 Å². The van der Waals surface area contributed by atoms with E-state index in [-0.39, 0.29) is 11.6 Å². The van der Waals surface area contributed by atoms with E-state index >= 15 is 0 Å². The maximum Gasteiger partial charge on any atom is 0.417 e. The summed E-state index contributed by atoms with van der Waals surface area (Å²) in [6.45, 7) is 0.825.